The molecule has 2 atom stereocenters. The van der Waals surface area contributed by atoms with Gasteiger partial charge in [-0.1, -0.05) is 19.0 Å². The van der Waals surface area contributed by atoms with Gasteiger partial charge in [-0.3, -0.25) is 14.6 Å². The molecule has 1 aromatic rings. The second kappa shape index (κ2) is 7.40. The number of rotatable bonds is 6. The van der Waals surface area contributed by atoms with E-state index < -0.39 is 0 Å². The predicted octanol–water partition coefficient (Wildman–Crippen LogP) is 1.18. The molecule has 0 N–H and O–H groups in total. The van der Waals surface area contributed by atoms with Crippen molar-refractivity contribution in [3.8, 4) is 0 Å². The summed E-state index contributed by atoms with van der Waals surface area (Å²) in [5.74, 6) is 1.83. The van der Waals surface area contributed by atoms with E-state index in [0.29, 0.717) is 18.5 Å². The highest BCUT2D eigenvalue weighted by Gasteiger charge is 2.32. The Kier molecular flexibility index (Phi) is 5.75. The van der Waals surface area contributed by atoms with Crippen LogP contribution in [0.4, 0.5) is 0 Å². The molecule has 2 rings (SSSR count). The summed E-state index contributed by atoms with van der Waals surface area (Å²) in [5, 5.41) is 4.05. The van der Waals surface area contributed by atoms with Gasteiger partial charge >= 0.3 is 0 Å². The zero-order chi connectivity index (χ0) is 17.1. The average Bonchev–Trinajstić information content (AvgIpc) is 3.14. The standard InChI is InChI=1S/C16H29N5O2/c1-11(2)15-17-14(18-23-15)10-20(6)13-7-8-21(9-13)12(3)16(22)19(4)5/h11-13H,7-10H2,1-6H3/t12-,13+/m1/s1. The Morgan fingerprint density at radius 2 is 2.04 bits per heavy atom. The molecule has 0 bridgehead atoms. The van der Waals surface area contributed by atoms with Crippen molar-refractivity contribution in [3.63, 3.8) is 0 Å². The van der Waals surface area contributed by atoms with E-state index in [2.05, 4.69) is 27.0 Å². The lowest BCUT2D eigenvalue weighted by Crippen LogP contribution is -2.45. The van der Waals surface area contributed by atoms with E-state index in [1.165, 1.54) is 0 Å². The summed E-state index contributed by atoms with van der Waals surface area (Å²) in [4.78, 5) is 22.7. The van der Waals surface area contributed by atoms with E-state index >= 15 is 0 Å². The summed E-state index contributed by atoms with van der Waals surface area (Å²) in [5.41, 5.74) is 0. The van der Waals surface area contributed by atoms with Gasteiger partial charge in [-0.2, -0.15) is 4.98 Å². The summed E-state index contributed by atoms with van der Waals surface area (Å²) in [7, 11) is 5.69. The molecule has 7 nitrogen and oxygen atoms in total. The van der Waals surface area contributed by atoms with E-state index in [1.807, 2.05) is 20.8 Å². The molecule has 1 amide bonds. The molecule has 1 fully saturated rings. The summed E-state index contributed by atoms with van der Waals surface area (Å²) >= 11 is 0. The maximum Gasteiger partial charge on any atom is 0.239 e. The molecule has 1 saturated heterocycles. The molecule has 23 heavy (non-hydrogen) atoms. The quantitative estimate of drug-likeness (QED) is 0.783. The molecule has 0 aliphatic carbocycles. The van der Waals surface area contributed by atoms with Crippen molar-refractivity contribution in [1.82, 2.24) is 24.8 Å². The first kappa shape index (κ1) is 17.9. The molecule has 2 heterocycles. The van der Waals surface area contributed by atoms with Crippen molar-refractivity contribution in [2.45, 2.75) is 51.7 Å². The van der Waals surface area contributed by atoms with Gasteiger partial charge in [0.25, 0.3) is 0 Å². The Morgan fingerprint density at radius 1 is 1.35 bits per heavy atom. The van der Waals surface area contributed by atoms with Gasteiger partial charge in [0, 0.05) is 39.1 Å². The van der Waals surface area contributed by atoms with Gasteiger partial charge < -0.3 is 9.42 Å². The number of likely N-dealkylation sites (tertiary alicyclic amines) is 1. The number of carbonyl (C=O) groups excluding carboxylic acids is 1. The number of carbonyl (C=O) groups is 1. The second-order valence-corrected chi connectivity index (χ2v) is 6.96. The lowest BCUT2D eigenvalue weighted by atomic mass is 10.2. The van der Waals surface area contributed by atoms with Crippen LogP contribution in [0.15, 0.2) is 4.52 Å². The number of hydrogen-bond acceptors (Lipinski definition) is 6. The fraction of sp³-hybridized carbons (Fsp3) is 0.812. The van der Waals surface area contributed by atoms with Crippen LogP contribution < -0.4 is 0 Å². The van der Waals surface area contributed by atoms with E-state index in [1.54, 1.807) is 19.0 Å². The van der Waals surface area contributed by atoms with E-state index in [-0.39, 0.29) is 17.9 Å². The minimum Gasteiger partial charge on any atom is -0.347 e. The van der Waals surface area contributed by atoms with Gasteiger partial charge in [-0.05, 0) is 20.4 Å². The van der Waals surface area contributed by atoms with Crippen LogP contribution in [0.5, 0.6) is 0 Å². The van der Waals surface area contributed by atoms with Gasteiger partial charge in [-0.25, -0.2) is 0 Å². The third-order valence-corrected chi connectivity index (χ3v) is 4.53. The molecule has 1 aromatic heterocycles. The Bertz CT molecular complexity index is 528. The lowest BCUT2D eigenvalue weighted by molar-refractivity contribution is -0.133. The normalized spacial score (nSPS) is 20.4. The van der Waals surface area contributed by atoms with Crippen LogP contribution in [0.3, 0.4) is 0 Å². The zero-order valence-corrected chi connectivity index (χ0v) is 15.1. The molecule has 7 heteroatoms. The van der Waals surface area contributed by atoms with Crippen molar-refractivity contribution in [3.05, 3.63) is 11.7 Å². The third-order valence-electron chi connectivity index (χ3n) is 4.53. The van der Waals surface area contributed by atoms with Gasteiger partial charge in [0.15, 0.2) is 5.82 Å². The molecular weight excluding hydrogens is 294 g/mol. The third kappa shape index (κ3) is 4.29. The largest absolute Gasteiger partial charge is 0.347 e. The summed E-state index contributed by atoms with van der Waals surface area (Å²) < 4.78 is 5.26. The molecule has 0 spiro atoms. The summed E-state index contributed by atoms with van der Waals surface area (Å²) in [6, 6.07) is 0.342. The second-order valence-electron chi connectivity index (χ2n) is 6.96. The maximum atomic E-state index is 12.1. The van der Waals surface area contributed by atoms with Crippen LogP contribution in [0, 0.1) is 0 Å². The predicted molar refractivity (Wildman–Crippen MR) is 88.0 cm³/mol. The SMILES string of the molecule is CC(C)c1nc(CN(C)[C@H]2CCN([C@H](C)C(=O)N(C)C)C2)no1. The highest BCUT2D eigenvalue weighted by Crippen LogP contribution is 2.19. The average molecular weight is 323 g/mol. The van der Waals surface area contributed by atoms with Gasteiger partial charge in [0.1, 0.15) is 0 Å². The van der Waals surface area contributed by atoms with E-state index in [9.17, 15) is 4.79 Å². The topological polar surface area (TPSA) is 65.7 Å². The molecule has 1 aliphatic rings. The summed E-state index contributed by atoms with van der Waals surface area (Å²) in [6.45, 7) is 8.58. The van der Waals surface area contributed by atoms with E-state index in [0.717, 1.165) is 25.3 Å². The van der Waals surface area contributed by atoms with Gasteiger partial charge in [0.05, 0.1) is 12.6 Å². The molecule has 1 aliphatic heterocycles. The molecule has 0 radical (unpaired) electrons. The Balaban J connectivity index is 1.89. The van der Waals surface area contributed by atoms with Crippen LogP contribution in [0.1, 0.15) is 44.8 Å². The van der Waals surface area contributed by atoms with Crippen molar-refractivity contribution in [1.29, 1.82) is 0 Å². The number of likely N-dealkylation sites (N-methyl/N-ethyl adjacent to an activating group) is 2. The first-order valence-electron chi connectivity index (χ1n) is 8.27. The van der Waals surface area contributed by atoms with Gasteiger partial charge in [-0.15, -0.1) is 0 Å². The zero-order valence-electron chi connectivity index (χ0n) is 15.1. The highest BCUT2D eigenvalue weighted by atomic mass is 16.5. The molecule has 0 aromatic carbocycles. The maximum absolute atomic E-state index is 12.1. The minimum atomic E-state index is -0.0684. The van der Waals surface area contributed by atoms with Crippen molar-refractivity contribution in [2.75, 3.05) is 34.2 Å². The van der Waals surface area contributed by atoms with Crippen LogP contribution in [-0.2, 0) is 11.3 Å². The van der Waals surface area contributed by atoms with E-state index in [4.69, 9.17) is 4.52 Å². The van der Waals surface area contributed by atoms with Gasteiger partial charge in [0.2, 0.25) is 11.8 Å². The van der Waals surface area contributed by atoms with Crippen molar-refractivity contribution >= 4 is 5.91 Å². The number of nitrogens with zero attached hydrogens (tertiary/aromatic N) is 5. The monoisotopic (exact) mass is 323 g/mol. The van der Waals surface area contributed by atoms with Crippen LogP contribution in [-0.4, -0.2) is 77.1 Å². The number of hydrogen-bond donors (Lipinski definition) is 0. The van der Waals surface area contributed by atoms with Crippen LogP contribution in [0.25, 0.3) is 0 Å². The number of aromatic nitrogens is 2. The first-order chi connectivity index (χ1) is 10.8. The number of amides is 1. The fourth-order valence-corrected chi connectivity index (χ4v) is 2.93. The minimum absolute atomic E-state index is 0.0684. The lowest BCUT2D eigenvalue weighted by Gasteiger charge is -2.27. The molecule has 0 saturated carbocycles. The van der Waals surface area contributed by atoms with Crippen molar-refractivity contribution in [2.24, 2.45) is 0 Å². The van der Waals surface area contributed by atoms with Crippen LogP contribution >= 0.6 is 0 Å². The Labute approximate surface area is 138 Å². The first-order valence-corrected chi connectivity index (χ1v) is 8.27. The smallest absolute Gasteiger partial charge is 0.239 e. The Hall–Kier alpha value is -1.47. The molecule has 130 valence electrons. The Morgan fingerprint density at radius 3 is 2.61 bits per heavy atom. The summed E-state index contributed by atoms with van der Waals surface area (Å²) in [6.07, 6.45) is 1.05. The fourth-order valence-electron chi connectivity index (χ4n) is 2.93. The van der Waals surface area contributed by atoms with Crippen molar-refractivity contribution < 1.29 is 9.32 Å². The van der Waals surface area contributed by atoms with Crippen LogP contribution in [0.2, 0.25) is 0 Å². The highest BCUT2D eigenvalue weighted by molar-refractivity contribution is 5.80. The molecule has 0 unspecified atom stereocenters. The molecular formula is C16H29N5O2.